The Labute approximate surface area is 112 Å². The molecule has 0 bridgehead atoms. The van der Waals surface area contributed by atoms with Crippen LogP contribution in [0, 0.1) is 17.8 Å². The first-order valence-electron chi connectivity index (χ1n) is 8.04. The highest BCUT2D eigenvalue weighted by molar-refractivity contribution is 4.98. The first-order valence-corrected chi connectivity index (χ1v) is 8.04. The van der Waals surface area contributed by atoms with E-state index in [0.717, 1.165) is 30.4 Å². The van der Waals surface area contributed by atoms with Crippen LogP contribution in [-0.2, 0) is 4.74 Å². The fourth-order valence-corrected chi connectivity index (χ4v) is 4.73. The average molecular weight is 251 g/mol. The van der Waals surface area contributed by atoms with Gasteiger partial charge in [-0.2, -0.15) is 0 Å². The highest BCUT2D eigenvalue weighted by Gasteiger charge is 2.45. The summed E-state index contributed by atoms with van der Waals surface area (Å²) >= 11 is 0. The van der Waals surface area contributed by atoms with Gasteiger partial charge in [0.1, 0.15) is 0 Å². The predicted octanol–water partition coefficient (Wildman–Crippen LogP) is 3.36. The van der Waals surface area contributed by atoms with Crippen LogP contribution in [0.25, 0.3) is 0 Å². The summed E-state index contributed by atoms with van der Waals surface area (Å²) < 4.78 is 6.08. The molecule has 2 aliphatic carbocycles. The van der Waals surface area contributed by atoms with E-state index >= 15 is 0 Å². The van der Waals surface area contributed by atoms with Crippen LogP contribution >= 0.6 is 0 Å². The number of hydrogen-bond acceptors (Lipinski definition) is 2. The van der Waals surface area contributed by atoms with E-state index in [4.69, 9.17) is 4.74 Å². The lowest BCUT2D eigenvalue weighted by atomic mass is 9.68. The molecular formula is C16H29NO. The third-order valence-corrected chi connectivity index (χ3v) is 5.88. The van der Waals surface area contributed by atoms with Crippen molar-refractivity contribution in [1.29, 1.82) is 0 Å². The minimum atomic E-state index is 0.308. The summed E-state index contributed by atoms with van der Waals surface area (Å²) in [6, 6.07) is 0.747. The molecule has 3 aliphatic rings. The second-order valence-electron chi connectivity index (χ2n) is 7.13. The number of ether oxygens (including phenoxy) is 1. The van der Waals surface area contributed by atoms with Crippen molar-refractivity contribution in [3.8, 4) is 0 Å². The van der Waals surface area contributed by atoms with Gasteiger partial charge in [-0.05, 0) is 69.7 Å². The summed E-state index contributed by atoms with van der Waals surface area (Å²) in [7, 11) is 2.18. The Bertz CT molecular complexity index is 287. The summed E-state index contributed by atoms with van der Waals surface area (Å²) in [6.07, 6.45) is 10.9. The van der Waals surface area contributed by atoms with Crippen LogP contribution in [0.1, 0.15) is 58.3 Å². The summed E-state index contributed by atoms with van der Waals surface area (Å²) in [6.45, 7) is 3.43. The molecule has 4 unspecified atom stereocenters. The van der Waals surface area contributed by atoms with Gasteiger partial charge in [-0.1, -0.05) is 13.3 Å². The summed E-state index contributed by atoms with van der Waals surface area (Å²) in [5, 5.41) is 3.66. The van der Waals surface area contributed by atoms with Crippen LogP contribution in [0.4, 0.5) is 0 Å². The molecule has 18 heavy (non-hydrogen) atoms. The van der Waals surface area contributed by atoms with Crippen LogP contribution in [0.2, 0.25) is 0 Å². The van der Waals surface area contributed by atoms with Gasteiger partial charge in [0.05, 0.1) is 5.60 Å². The average Bonchev–Trinajstić information content (AvgIpc) is 2.75. The highest BCUT2D eigenvalue weighted by Crippen LogP contribution is 2.47. The highest BCUT2D eigenvalue weighted by atomic mass is 16.5. The normalized spacial score (nSPS) is 40.7. The van der Waals surface area contributed by atoms with Crippen molar-refractivity contribution in [1.82, 2.24) is 5.32 Å². The minimum Gasteiger partial charge on any atom is -0.375 e. The predicted molar refractivity (Wildman–Crippen MR) is 74.6 cm³/mol. The molecule has 3 rings (SSSR count). The fraction of sp³-hybridized carbons (Fsp3) is 1.00. The summed E-state index contributed by atoms with van der Waals surface area (Å²) in [4.78, 5) is 0. The maximum Gasteiger partial charge on any atom is 0.0685 e. The molecule has 1 spiro atoms. The van der Waals surface area contributed by atoms with E-state index in [1.165, 1.54) is 51.4 Å². The smallest absolute Gasteiger partial charge is 0.0685 e. The zero-order valence-corrected chi connectivity index (χ0v) is 12.1. The Morgan fingerprint density at radius 3 is 2.56 bits per heavy atom. The van der Waals surface area contributed by atoms with Crippen LogP contribution in [0.15, 0.2) is 0 Å². The number of hydrogen-bond donors (Lipinski definition) is 1. The van der Waals surface area contributed by atoms with Gasteiger partial charge in [-0.25, -0.2) is 0 Å². The number of rotatable bonds is 3. The molecule has 104 valence electrons. The van der Waals surface area contributed by atoms with Crippen molar-refractivity contribution in [3.05, 3.63) is 0 Å². The van der Waals surface area contributed by atoms with Crippen LogP contribution in [0.3, 0.4) is 0 Å². The second-order valence-corrected chi connectivity index (χ2v) is 7.13. The maximum atomic E-state index is 6.08. The molecule has 1 saturated heterocycles. The standard InChI is InChI=1S/C16H29NO/c1-12-4-5-13(10-12)15(17-2)14-6-9-18-16(11-14)7-3-8-16/h12-15,17H,3-11H2,1-2H3. The Hall–Kier alpha value is -0.0800. The van der Waals surface area contributed by atoms with Crippen molar-refractivity contribution < 1.29 is 4.74 Å². The van der Waals surface area contributed by atoms with E-state index in [0.29, 0.717) is 5.60 Å². The van der Waals surface area contributed by atoms with Crippen molar-refractivity contribution in [2.75, 3.05) is 13.7 Å². The molecule has 0 amide bonds. The third kappa shape index (κ3) is 2.34. The van der Waals surface area contributed by atoms with E-state index in [1.807, 2.05) is 0 Å². The van der Waals surface area contributed by atoms with E-state index in [9.17, 15) is 0 Å². The Morgan fingerprint density at radius 1 is 1.17 bits per heavy atom. The Morgan fingerprint density at radius 2 is 2.00 bits per heavy atom. The van der Waals surface area contributed by atoms with Crippen molar-refractivity contribution in [3.63, 3.8) is 0 Å². The molecule has 1 aliphatic heterocycles. The lowest BCUT2D eigenvalue weighted by Crippen LogP contribution is -2.51. The molecule has 0 aromatic heterocycles. The van der Waals surface area contributed by atoms with Crippen molar-refractivity contribution >= 4 is 0 Å². The van der Waals surface area contributed by atoms with Crippen LogP contribution < -0.4 is 5.32 Å². The van der Waals surface area contributed by atoms with E-state index < -0.39 is 0 Å². The maximum absolute atomic E-state index is 6.08. The molecule has 0 aromatic carbocycles. The monoisotopic (exact) mass is 251 g/mol. The molecule has 2 nitrogen and oxygen atoms in total. The number of nitrogens with one attached hydrogen (secondary N) is 1. The second kappa shape index (κ2) is 5.13. The van der Waals surface area contributed by atoms with E-state index in [-0.39, 0.29) is 0 Å². The topological polar surface area (TPSA) is 21.3 Å². The first kappa shape index (κ1) is 12.9. The molecule has 3 fully saturated rings. The van der Waals surface area contributed by atoms with Crippen molar-refractivity contribution in [2.45, 2.75) is 69.9 Å². The van der Waals surface area contributed by atoms with Crippen molar-refractivity contribution in [2.24, 2.45) is 17.8 Å². The van der Waals surface area contributed by atoms with Gasteiger partial charge >= 0.3 is 0 Å². The molecular weight excluding hydrogens is 222 g/mol. The lowest BCUT2D eigenvalue weighted by molar-refractivity contribution is -0.148. The minimum absolute atomic E-state index is 0.308. The van der Waals surface area contributed by atoms with Gasteiger partial charge < -0.3 is 10.1 Å². The lowest BCUT2D eigenvalue weighted by Gasteiger charge is -2.49. The van der Waals surface area contributed by atoms with E-state index in [1.54, 1.807) is 0 Å². The van der Waals surface area contributed by atoms with Gasteiger partial charge in [0.15, 0.2) is 0 Å². The summed E-state index contributed by atoms with van der Waals surface area (Å²) in [5.41, 5.74) is 0.308. The molecule has 0 radical (unpaired) electrons. The van der Waals surface area contributed by atoms with Gasteiger partial charge in [-0.3, -0.25) is 0 Å². The zero-order valence-electron chi connectivity index (χ0n) is 12.1. The molecule has 1 heterocycles. The molecule has 4 atom stereocenters. The third-order valence-electron chi connectivity index (χ3n) is 5.88. The van der Waals surface area contributed by atoms with Gasteiger partial charge in [0, 0.05) is 12.6 Å². The van der Waals surface area contributed by atoms with Crippen LogP contribution in [-0.4, -0.2) is 25.3 Å². The zero-order chi connectivity index (χ0) is 12.6. The molecule has 2 saturated carbocycles. The van der Waals surface area contributed by atoms with Gasteiger partial charge in [0.25, 0.3) is 0 Å². The van der Waals surface area contributed by atoms with Gasteiger partial charge in [0.2, 0.25) is 0 Å². The molecule has 0 aromatic rings. The SMILES string of the molecule is CNC(C1CCC(C)C1)C1CCOC2(CCC2)C1. The Kier molecular flexibility index (Phi) is 3.68. The molecule has 2 heteroatoms. The summed E-state index contributed by atoms with van der Waals surface area (Å²) in [5.74, 6) is 2.73. The quantitative estimate of drug-likeness (QED) is 0.830. The first-order chi connectivity index (χ1) is 8.72. The van der Waals surface area contributed by atoms with Crippen LogP contribution in [0.5, 0.6) is 0 Å². The molecule has 1 N–H and O–H groups in total. The Balaban J connectivity index is 1.64. The van der Waals surface area contributed by atoms with E-state index in [2.05, 4.69) is 19.3 Å². The largest absolute Gasteiger partial charge is 0.375 e. The van der Waals surface area contributed by atoms with Gasteiger partial charge in [-0.15, -0.1) is 0 Å². The fourth-order valence-electron chi connectivity index (χ4n) is 4.73.